The number of ether oxygens (including phenoxy) is 1. The Labute approximate surface area is 62.2 Å². The van der Waals surface area contributed by atoms with Crippen LogP contribution in [0.15, 0.2) is 0 Å². The van der Waals surface area contributed by atoms with Crippen LogP contribution in [-0.4, -0.2) is 23.9 Å². The molecule has 0 spiro atoms. The minimum atomic E-state index is -0.530. The topological polar surface area (TPSA) is 29.5 Å². The summed E-state index contributed by atoms with van der Waals surface area (Å²) in [6.07, 6.45) is 0. The molecule has 0 amide bonds. The molecule has 0 bridgehead atoms. The largest absolute Gasteiger partial charge is 0.389 e. The second kappa shape index (κ2) is 2.51. The van der Waals surface area contributed by atoms with E-state index in [-0.39, 0.29) is 0 Å². The average molecular weight is 144 g/mol. The van der Waals surface area contributed by atoms with Gasteiger partial charge in [0.05, 0.1) is 18.8 Å². The quantitative estimate of drug-likeness (QED) is 0.627. The van der Waals surface area contributed by atoms with Gasteiger partial charge in [-0.3, -0.25) is 0 Å². The molecule has 2 nitrogen and oxygen atoms in total. The van der Waals surface area contributed by atoms with E-state index in [0.717, 1.165) is 13.2 Å². The van der Waals surface area contributed by atoms with Crippen molar-refractivity contribution in [1.29, 1.82) is 0 Å². The van der Waals surface area contributed by atoms with Gasteiger partial charge in [-0.15, -0.1) is 0 Å². The maximum Gasteiger partial charge on any atom is 0.0714 e. The van der Waals surface area contributed by atoms with Crippen molar-refractivity contribution in [3.8, 4) is 0 Å². The summed E-state index contributed by atoms with van der Waals surface area (Å²) in [4.78, 5) is 0. The Morgan fingerprint density at radius 3 is 2.10 bits per heavy atom. The van der Waals surface area contributed by atoms with Crippen LogP contribution in [-0.2, 0) is 4.74 Å². The second-order valence-electron chi connectivity index (χ2n) is 3.61. The van der Waals surface area contributed by atoms with Crippen LogP contribution in [0, 0.1) is 11.8 Å². The van der Waals surface area contributed by atoms with Gasteiger partial charge in [0.25, 0.3) is 0 Å². The lowest BCUT2D eigenvalue weighted by atomic mass is 9.79. The molecule has 0 aromatic rings. The predicted molar refractivity (Wildman–Crippen MR) is 39.8 cm³/mol. The highest BCUT2D eigenvalue weighted by molar-refractivity contribution is 4.88. The van der Waals surface area contributed by atoms with Gasteiger partial charge in [-0.25, -0.2) is 0 Å². The molecule has 1 N–H and O–H groups in total. The number of rotatable bonds is 2. The SMILES string of the molecule is CC(C)C(C)(O)C1COC1. The lowest BCUT2D eigenvalue weighted by Gasteiger charge is -2.41. The van der Waals surface area contributed by atoms with E-state index >= 15 is 0 Å². The molecule has 1 saturated heterocycles. The van der Waals surface area contributed by atoms with Crippen molar-refractivity contribution in [3.63, 3.8) is 0 Å². The zero-order valence-electron chi connectivity index (χ0n) is 6.92. The molecule has 1 unspecified atom stereocenters. The molecule has 0 radical (unpaired) electrons. The summed E-state index contributed by atoms with van der Waals surface area (Å²) in [5.74, 6) is 0.675. The van der Waals surface area contributed by atoms with E-state index in [1.807, 2.05) is 20.8 Å². The van der Waals surface area contributed by atoms with Gasteiger partial charge in [-0.1, -0.05) is 13.8 Å². The Morgan fingerprint density at radius 1 is 1.50 bits per heavy atom. The lowest BCUT2D eigenvalue weighted by molar-refractivity contribution is -0.156. The molecule has 0 aromatic heterocycles. The average Bonchev–Trinajstić information content (AvgIpc) is 1.57. The van der Waals surface area contributed by atoms with Gasteiger partial charge in [-0.05, 0) is 12.8 Å². The Kier molecular flexibility index (Phi) is 2.02. The Morgan fingerprint density at radius 2 is 2.00 bits per heavy atom. The normalized spacial score (nSPS) is 26.1. The van der Waals surface area contributed by atoms with Gasteiger partial charge in [-0.2, -0.15) is 0 Å². The molecule has 0 aromatic carbocycles. The molecule has 2 heteroatoms. The lowest BCUT2D eigenvalue weighted by Crippen LogP contribution is -2.49. The Balaban J connectivity index is 2.48. The summed E-state index contributed by atoms with van der Waals surface area (Å²) in [6, 6.07) is 0. The van der Waals surface area contributed by atoms with E-state index in [1.165, 1.54) is 0 Å². The molecule has 1 fully saturated rings. The van der Waals surface area contributed by atoms with E-state index in [0.29, 0.717) is 11.8 Å². The van der Waals surface area contributed by atoms with Crippen molar-refractivity contribution in [2.75, 3.05) is 13.2 Å². The van der Waals surface area contributed by atoms with Crippen LogP contribution in [0.5, 0.6) is 0 Å². The summed E-state index contributed by atoms with van der Waals surface area (Å²) in [5.41, 5.74) is -0.530. The van der Waals surface area contributed by atoms with Crippen LogP contribution in [0.25, 0.3) is 0 Å². The first-order valence-electron chi connectivity index (χ1n) is 3.85. The summed E-state index contributed by atoms with van der Waals surface area (Å²) in [5, 5.41) is 9.83. The third-order valence-electron chi connectivity index (χ3n) is 2.63. The van der Waals surface area contributed by atoms with Crippen molar-refractivity contribution in [2.45, 2.75) is 26.4 Å². The highest BCUT2D eigenvalue weighted by atomic mass is 16.5. The monoisotopic (exact) mass is 144 g/mol. The fourth-order valence-corrected chi connectivity index (χ4v) is 1.04. The van der Waals surface area contributed by atoms with E-state index in [1.54, 1.807) is 0 Å². The number of aliphatic hydroxyl groups is 1. The summed E-state index contributed by atoms with van der Waals surface area (Å²) >= 11 is 0. The maximum absolute atomic E-state index is 9.83. The molecular formula is C8H16O2. The van der Waals surface area contributed by atoms with Crippen molar-refractivity contribution < 1.29 is 9.84 Å². The highest BCUT2D eigenvalue weighted by Crippen LogP contribution is 2.30. The van der Waals surface area contributed by atoms with E-state index in [2.05, 4.69) is 0 Å². The summed E-state index contributed by atoms with van der Waals surface area (Å²) in [7, 11) is 0. The molecule has 60 valence electrons. The van der Waals surface area contributed by atoms with Crippen LogP contribution >= 0.6 is 0 Å². The Bertz CT molecular complexity index is 114. The summed E-state index contributed by atoms with van der Waals surface area (Å²) in [6.45, 7) is 7.43. The second-order valence-corrected chi connectivity index (χ2v) is 3.61. The van der Waals surface area contributed by atoms with Gasteiger partial charge >= 0.3 is 0 Å². The van der Waals surface area contributed by atoms with E-state index < -0.39 is 5.60 Å². The van der Waals surface area contributed by atoms with Gasteiger partial charge in [0.15, 0.2) is 0 Å². The molecule has 10 heavy (non-hydrogen) atoms. The Hall–Kier alpha value is -0.0800. The fourth-order valence-electron chi connectivity index (χ4n) is 1.04. The van der Waals surface area contributed by atoms with Gasteiger partial charge in [0, 0.05) is 5.92 Å². The summed E-state index contributed by atoms with van der Waals surface area (Å²) < 4.78 is 5.01. The fraction of sp³-hybridized carbons (Fsp3) is 1.00. The first kappa shape index (κ1) is 8.02. The molecule has 0 saturated carbocycles. The predicted octanol–water partition coefficient (Wildman–Crippen LogP) is 1.04. The molecular weight excluding hydrogens is 128 g/mol. The van der Waals surface area contributed by atoms with E-state index in [4.69, 9.17) is 4.74 Å². The van der Waals surface area contributed by atoms with Gasteiger partial charge in [0.2, 0.25) is 0 Å². The molecule has 1 aliphatic rings. The zero-order chi connectivity index (χ0) is 7.78. The van der Waals surface area contributed by atoms with Gasteiger partial charge in [0.1, 0.15) is 0 Å². The smallest absolute Gasteiger partial charge is 0.0714 e. The molecule has 1 atom stereocenters. The van der Waals surface area contributed by atoms with E-state index in [9.17, 15) is 5.11 Å². The van der Waals surface area contributed by atoms with Crippen molar-refractivity contribution in [3.05, 3.63) is 0 Å². The van der Waals surface area contributed by atoms with Crippen molar-refractivity contribution in [1.82, 2.24) is 0 Å². The van der Waals surface area contributed by atoms with Crippen LogP contribution < -0.4 is 0 Å². The molecule has 1 heterocycles. The third kappa shape index (κ3) is 1.18. The zero-order valence-corrected chi connectivity index (χ0v) is 6.92. The van der Waals surface area contributed by atoms with Crippen molar-refractivity contribution >= 4 is 0 Å². The van der Waals surface area contributed by atoms with Crippen LogP contribution in [0.2, 0.25) is 0 Å². The van der Waals surface area contributed by atoms with Crippen LogP contribution in [0.4, 0.5) is 0 Å². The van der Waals surface area contributed by atoms with Crippen molar-refractivity contribution in [2.24, 2.45) is 11.8 Å². The minimum absolute atomic E-state index is 0.321. The first-order valence-corrected chi connectivity index (χ1v) is 3.85. The maximum atomic E-state index is 9.83. The number of hydrogen-bond donors (Lipinski definition) is 1. The first-order chi connectivity index (χ1) is 4.55. The standard InChI is InChI=1S/C8H16O2/c1-6(2)8(3,9)7-4-10-5-7/h6-7,9H,4-5H2,1-3H3. The van der Waals surface area contributed by atoms with Crippen LogP contribution in [0.3, 0.4) is 0 Å². The van der Waals surface area contributed by atoms with Crippen LogP contribution in [0.1, 0.15) is 20.8 Å². The molecule has 1 aliphatic heterocycles. The molecule has 1 rings (SSSR count). The minimum Gasteiger partial charge on any atom is -0.389 e. The van der Waals surface area contributed by atoms with Gasteiger partial charge < -0.3 is 9.84 Å². The highest BCUT2D eigenvalue weighted by Gasteiger charge is 2.39. The number of hydrogen-bond acceptors (Lipinski definition) is 2. The molecule has 0 aliphatic carbocycles. The third-order valence-corrected chi connectivity index (χ3v) is 2.63.